The number of hydrogen-bond acceptors (Lipinski definition) is 8. The Hall–Kier alpha value is -3.30. The van der Waals surface area contributed by atoms with Crippen LogP contribution < -0.4 is 16.0 Å². The van der Waals surface area contributed by atoms with Crippen LogP contribution in [0, 0.1) is 5.92 Å². The van der Waals surface area contributed by atoms with E-state index in [1.54, 1.807) is 26.0 Å². The Morgan fingerprint density at radius 2 is 1.81 bits per heavy atom. The molecular weight excluding hydrogens is 599 g/mol. The van der Waals surface area contributed by atoms with E-state index in [0.717, 1.165) is 11.0 Å². The number of benzene rings is 2. The minimum absolute atomic E-state index is 0.0466. The molecule has 1 aliphatic heterocycles. The van der Waals surface area contributed by atoms with E-state index in [4.69, 9.17) is 9.47 Å². The molecule has 42 heavy (non-hydrogen) atoms. The van der Waals surface area contributed by atoms with Crippen LogP contribution >= 0.6 is 11.8 Å². The molecule has 2 atom stereocenters. The summed E-state index contributed by atoms with van der Waals surface area (Å²) in [6.07, 6.45) is -4.03. The molecule has 3 N–H and O–H groups in total. The minimum atomic E-state index is -4.77. The second-order valence-electron chi connectivity index (χ2n) is 9.77. The molecule has 15 heteroatoms. The number of ether oxygens (including phenoxy) is 2. The molecule has 1 saturated heterocycles. The van der Waals surface area contributed by atoms with E-state index in [-0.39, 0.29) is 22.9 Å². The lowest BCUT2D eigenvalue weighted by Crippen LogP contribution is -2.51. The minimum Gasteiger partial charge on any atom is -0.447 e. The summed E-state index contributed by atoms with van der Waals surface area (Å²) in [6, 6.07) is 7.97. The second-order valence-corrected chi connectivity index (χ2v) is 12.7. The van der Waals surface area contributed by atoms with Gasteiger partial charge in [0.05, 0.1) is 52.8 Å². The summed E-state index contributed by atoms with van der Waals surface area (Å²) in [5, 5.41) is 7.14. The number of rotatable bonds is 10. The predicted molar refractivity (Wildman–Crippen MR) is 150 cm³/mol. The fourth-order valence-electron chi connectivity index (χ4n) is 4.19. The van der Waals surface area contributed by atoms with E-state index >= 15 is 0 Å². The molecule has 1 heterocycles. The Morgan fingerprint density at radius 3 is 2.43 bits per heavy atom. The van der Waals surface area contributed by atoms with Crippen LogP contribution in [0.2, 0.25) is 0 Å². The Labute approximate surface area is 246 Å². The van der Waals surface area contributed by atoms with Gasteiger partial charge in [0.25, 0.3) is 5.91 Å². The number of carbonyl (C=O) groups excluding carboxylic acids is 3. The molecule has 3 rings (SSSR count). The van der Waals surface area contributed by atoms with Gasteiger partial charge in [0.15, 0.2) is 9.84 Å². The van der Waals surface area contributed by atoms with Gasteiger partial charge in [-0.05, 0) is 74.9 Å². The van der Waals surface area contributed by atoms with Crippen LogP contribution in [0.1, 0.15) is 36.2 Å². The zero-order chi connectivity index (χ0) is 31.1. The summed E-state index contributed by atoms with van der Waals surface area (Å²) >= 11 is 1.48. The average molecular weight is 632 g/mol. The maximum atomic E-state index is 13.3. The molecular formula is C27H32F3N3O7S2. The first kappa shape index (κ1) is 33.2. The molecule has 0 unspecified atom stereocenters. The molecule has 0 aromatic heterocycles. The number of alkyl halides is 3. The first-order chi connectivity index (χ1) is 19.7. The van der Waals surface area contributed by atoms with Gasteiger partial charge in [-0.1, -0.05) is 0 Å². The van der Waals surface area contributed by atoms with Gasteiger partial charge in [0, 0.05) is 11.5 Å². The van der Waals surface area contributed by atoms with Crippen molar-refractivity contribution in [2.45, 2.75) is 48.4 Å². The van der Waals surface area contributed by atoms with Crippen molar-refractivity contribution in [3.8, 4) is 0 Å². The van der Waals surface area contributed by atoms with Crippen molar-refractivity contribution in [1.29, 1.82) is 0 Å². The SMILES string of the molecule is CSc1ccc(S(=O)(=O)C[C@@H]2CCOC[C@@H]2NC(=O)CNC(=O)c2cc(C(F)(F)F)ccc2NC(=O)OC(C)C)cc1. The van der Waals surface area contributed by atoms with Crippen LogP contribution in [0.15, 0.2) is 52.3 Å². The molecule has 0 bridgehead atoms. The van der Waals surface area contributed by atoms with E-state index in [1.807, 2.05) is 6.26 Å². The normalized spacial score (nSPS) is 17.4. The van der Waals surface area contributed by atoms with Gasteiger partial charge in [-0.25, -0.2) is 13.2 Å². The highest BCUT2D eigenvalue weighted by Crippen LogP contribution is 2.32. The van der Waals surface area contributed by atoms with Crippen LogP contribution in [0.4, 0.5) is 23.7 Å². The molecule has 0 saturated carbocycles. The van der Waals surface area contributed by atoms with E-state index in [9.17, 15) is 36.0 Å². The number of amides is 3. The molecule has 1 aliphatic rings. The van der Waals surface area contributed by atoms with Gasteiger partial charge in [-0.3, -0.25) is 14.9 Å². The fourth-order valence-corrected chi connectivity index (χ4v) is 6.30. The van der Waals surface area contributed by atoms with Gasteiger partial charge >= 0.3 is 12.3 Å². The molecule has 0 aliphatic carbocycles. The number of carbonyl (C=O) groups is 3. The zero-order valence-corrected chi connectivity index (χ0v) is 24.8. The van der Waals surface area contributed by atoms with Crippen molar-refractivity contribution in [3.05, 3.63) is 53.6 Å². The van der Waals surface area contributed by atoms with Gasteiger partial charge in [0.1, 0.15) is 0 Å². The first-order valence-corrected chi connectivity index (χ1v) is 15.8. The number of halogens is 3. The summed E-state index contributed by atoms with van der Waals surface area (Å²) in [4.78, 5) is 38.6. The van der Waals surface area contributed by atoms with Gasteiger partial charge in [-0.15, -0.1) is 11.8 Å². The molecule has 230 valence electrons. The predicted octanol–water partition coefficient (Wildman–Crippen LogP) is 4.11. The highest BCUT2D eigenvalue weighted by molar-refractivity contribution is 7.98. The molecule has 3 amide bonds. The van der Waals surface area contributed by atoms with Crippen molar-refractivity contribution >= 4 is 45.2 Å². The Balaban J connectivity index is 1.67. The zero-order valence-electron chi connectivity index (χ0n) is 23.1. The lowest BCUT2D eigenvalue weighted by Gasteiger charge is -2.32. The van der Waals surface area contributed by atoms with Crippen molar-refractivity contribution in [2.75, 3.05) is 37.1 Å². The van der Waals surface area contributed by atoms with E-state index in [1.165, 1.54) is 23.9 Å². The molecule has 1 fully saturated rings. The van der Waals surface area contributed by atoms with E-state index in [2.05, 4.69) is 16.0 Å². The summed E-state index contributed by atoms with van der Waals surface area (Å²) in [6.45, 7) is 2.86. The number of sulfone groups is 1. The molecule has 10 nitrogen and oxygen atoms in total. The van der Waals surface area contributed by atoms with E-state index in [0.29, 0.717) is 25.2 Å². The van der Waals surface area contributed by atoms with Gasteiger partial charge in [-0.2, -0.15) is 13.2 Å². The fraction of sp³-hybridized carbons (Fsp3) is 0.444. The highest BCUT2D eigenvalue weighted by Gasteiger charge is 2.33. The van der Waals surface area contributed by atoms with Crippen LogP contribution in [0.5, 0.6) is 0 Å². The lowest BCUT2D eigenvalue weighted by atomic mass is 9.97. The van der Waals surface area contributed by atoms with Crippen LogP contribution in [0.25, 0.3) is 0 Å². The topological polar surface area (TPSA) is 140 Å². The third-order valence-electron chi connectivity index (χ3n) is 6.28. The monoisotopic (exact) mass is 631 g/mol. The number of nitrogens with one attached hydrogen (secondary N) is 3. The number of thioether (sulfide) groups is 1. The van der Waals surface area contributed by atoms with Gasteiger partial charge in [0.2, 0.25) is 5.91 Å². The van der Waals surface area contributed by atoms with Gasteiger partial charge < -0.3 is 20.1 Å². The van der Waals surface area contributed by atoms with E-state index < -0.39 is 69.7 Å². The summed E-state index contributed by atoms with van der Waals surface area (Å²) in [7, 11) is -3.68. The summed E-state index contributed by atoms with van der Waals surface area (Å²) in [5.74, 6) is -2.47. The third-order valence-corrected chi connectivity index (χ3v) is 8.88. The van der Waals surface area contributed by atoms with Crippen molar-refractivity contribution < 1.29 is 45.4 Å². The number of hydrogen-bond donors (Lipinski definition) is 3. The second kappa shape index (κ2) is 14.2. The largest absolute Gasteiger partial charge is 0.447 e. The Bertz CT molecular complexity index is 1380. The maximum Gasteiger partial charge on any atom is 0.416 e. The van der Waals surface area contributed by atoms with Crippen LogP contribution in [0.3, 0.4) is 0 Å². The average Bonchev–Trinajstić information content (AvgIpc) is 2.92. The lowest BCUT2D eigenvalue weighted by molar-refractivity contribution is -0.137. The van der Waals surface area contributed by atoms with Crippen LogP contribution in [-0.2, 0) is 30.3 Å². The molecule has 0 spiro atoms. The van der Waals surface area contributed by atoms with Crippen molar-refractivity contribution in [1.82, 2.24) is 10.6 Å². The Morgan fingerprint density at radius 1 is 1.12 bits per heavy atom. The highest BCUT2D eigenvalue weighted by atomic mass is 32.2. The maximum absolute atomic E-state index is 13.3. The standard InChI is InChI=1S/C27H32F3N3O7S2/c1-16(2)40-26(36)33-22-9-4-18(27(28,29)30)12-21(22)25(35)31-13-24(34)32-23-14-39-11-10-17(23)15-42(37,38)20-7-5-19(41-3)6-8-20/h4-9,12,16-17,23H,10-11,13-15H2,1-3H3,(H,31,35)(H,32,34)(H,33,36)/t17-,23-/m0/s1. The molecule has 0 radical (unpaired) electrons. The van der Waals surface area contributed by atoms with Crippen molar-refractivity contribution in [2.24, 2.45) is 5.92 Å². The Kier molecular flexibility index (Phi) is 11.3. The summed E-state index contributed by atoms with van der Waals surface area (Å²) in [5.41, 5.74) is -1.91. The van der Waals surface area contributed by atoms with Crippen molar-refractivity contribution in [3.63, 3.8) is 0 Å². The first-order valence-electron chi connectivity index (χ1n) is 12.9. The number of anilines is 1. The smallest absolute Gasteiger partial charge is 0.416 e. The molecule has 2 aromatic carbocycles. The molecule has 2 aromatic rings. The quantitative estimate of drug-likeness (QED) is 0.333. The summed E-state index contributed by atoms with van der Waals surface area (Å²) < 4.78 is 76.3. The van der Waals surface area contributed by atoms with Crippen LogP contribution in [-0.4, -0.2) is 70.2 Å². The third kappa shape index (κ3) is 9.36.